The van der Waals surface area contributed by atoms with E-state index in [9.17, 15) is 4.79 Å². The Bertz CT molecular complexity index is 1240. The van der Waals surface area contributed by atoms with Crippen LogP contribution in [0.15, 0.2) is 53.4 Å². The molecule has 1 amide bonds. The van der Waals surface area contributed by atoms with E-state index in [0.717, 1.165) is 32.9 Å². The topological polar surface area (TPSA) is 51.0 Å². The van der Waals surface area contributed by atoms with Gasteiger partial charge in [0.25, 0.3) is 0 Å². The number of anilines is 1. The largest absolute Gasteiger partial charge is 0.286 e. The molecule has 32 heavy (non-hydrogen) atoms. The van der Waals surface area contributed by atoms with E-state index < -0.39 is 0 Å². The number of carbonyl (C=O) groups is 1. The number of aryl methyl sites for hydroxylation is 3. The molecular weight excluding hydrogens is 460 g/mol. The summed E-state index contributed by atoms with van der Waals surface area (Å²) in [5.41, 5.74) is 3.86. The second kappa shape index (κ2) is 10.1. The maximum Gasteiger partial charge on any atom is 0.229 e. The average molecular weight is 485 g/mol. The predicted molar refractivity (Wildman–Crippen MR) is 135 cm³/mol. The van der Waals surface area contributed by atoms with E-state index in [1.165, 1.54) is 16.2 Å². The number of aromatic nitrogens is 3. The summed E-state index contributed by atoms with van der Waals surface area (Å²) in [7, 11) is 0. The van der Waals surface area contributed by atoms with E-state index >= 15 is 0 Å². The minimum absolute atomic E-state index is 0.0674. The van der Waals surface area contributed by atoms with Gasteiger partial charge in [-0.15, -0.1) is 11.8 Å². The summed E-state index contributed by atoms with van der Waals surface area (Å²) in [5.74, 6) is 0.785. The lowest BCUT2D eigenvalue weighted by atomic mass is 10.2. The molecule has 4 aromatic rings. The molecule has 0 unspecified atom stereocenters. The van der Waals surface area contributed by atoms with Crippen molar-refractivity contribution in [2.24, 2.45) is 0 Å². The van der Waals surface area contributed by atoms with Gasteiger partial charge in [0.15, 0.2) is 5.13 Å². The van der Waals surface area contributed by atoms with Crippen LogP contribution in [0.3, 0.4) is 0 Å². The fourth-order valence-electron chi connectivity index (χ4n) is 3.54. The van der Waals surface area contributed by atoms with Crippen molar-refractivity contribution >= 4 is 56.0 Å². The van der Waals surface area contributed by atoms with Gasteiger partial charge in [0.1, 0.15) is 0 Å². The number of thiazole rings is 1. The molecule has 0 fully saturated rings. The number of benzene rings is 2. The summed E-state index contributed by atoms with van der Waals surface area (Å²) in [6.07, 6.45) is 0.437. The number of amides is 1. The Morgan fingerprint density at radius 2 is 1.94 bits per heavy atom. The lowest BCUT2D eigenvalue weighted by molar-refractivity contribution is -0.118. The first-order chi connectivity index (χ1) is 15.4. The lowest BCUT2D eigenvalue weighted by Crippen LogP contribution is -2.34. The van der Waals surface area contributed by atoms with Crippen LogP contribution in [0, 0.1) is 20.8 Å². The molecule has 0 atom stereocenters. The third kappa shape index (κ3) is 5.17. The first-order valence-corrected chi connectivity index (χ1v) is 12.7. The highest BCUT2D eigenvalue weighted by Crippen LogP contribution is 2.34. The van der Waals surface area contributed by atoms with E-state index in [0.29, 0.717) is 29.7 Å². The molecule has 0 aliphatic carbocycles. The number of nitrogens with zero attached hydrogens (tertiary/aromatic N) is 4. The number of rotatable bonds is 8. The van der Waals surface area contributed by atoms with Crippen molar-refractivity contribution in [3.63, 3.8) is 0 Å². The van der Waals surface area contributed by atoms with Crippen LogP contribution in [-0.4, -0.2) is 33.0 Å². The average Bonchev–Trinajstić information content (AvgIpc) is 3.34. The third-order valence-corrected chi connectivity index (χ3v) is 7.70. The number of hydrogen-bond acceptors (Lipinski definition) is 5. The Balaban J connectivity index is 1.55. The van der Waals surface area contributed by atoms with Crippen molar-refractivity contribution in [2.75, 3.05) is 17.2 Å². The number of thioether (sulfide) groups is 1. The SMILES string of the molecule is Cc1cc(C)n(CCN(C(=O)CCSc2ccccc2)c2nc3c(C)c(Cl)ccc3s2)n1. The Morgan fingerprint density at radius 3 is 2.66 bits per heavy atom. The van der Waals surface area contributed by atoms with Crippen LogP contribution in [0.25, 0.3) is 10.2 Å². The normalized spacial score (nSPS) is 11.2. The number of halogens is 1. The quantitative estimate of drug-likeness (QED) is 0.276. The molecule has 2 heterocycles. The van der Waals surface area contributed by atoms with Gasteiger partial charge in [0.05, 0.1) is 22.5 Å². The molecule has 0 aliphatic rings. The van der Waals surface area contributed by atoms with Crippen LogP contribution >= 0.6 is 34.7 Å². The van der Waals surface area contributed by atoms with Crippen LogP contribution in [-0.2, 0) is 11.3 Å². The van der Waals surface area contributed by atoms with Crippen molar-refractivity contribution in [3.05, 3.63) is 70.5 Å². The summed E-state index contributed by atoms with van der Waals surface area (Å²) < 4.78 is 2.98. The molecular formula is C24H25ClN4OS2. The number of fused-ring (bicyclic) bond motifs is 1. The highest BCUT2D eigenvalue weighted by Gasteiger charge is 2.21. The van der Waals surface area contributed by atoms with Gasteiger partial charge in [-0.2, -0.15) is 5.10 Å². The number of carbonyl (C=O) groups excluding carboxylic acids is 1. The molecule has 166 valence electrons. The van der Waals surface area contributed by atoms with Gasteiger partial charge in [-0.05, 0) is 56.7 Å². The zero-order valence-electron chi connectivity index (χ0n) is 18.3. The first kappa shape index (κ1) is 22.8. The van der Waals surface area contributed by atoms with Crippen LogP contribution in [0.1, 0.15) is 23.4 Å². The van der Waals surface area contributed by atoms with Crippen molar-refractivity contribution in [1.29, 1.82) is 0 Å². The zero-order valence-corrected chi connectivity index (χ0v) is 20.7. The molecule has 0 saturated heterocycles. The molecule has 8 heteroatoms. The van der Waals surface area contributed by atoms with Gasteiger partial charge in [0.2, 0.25) is 5.91 Å². The highest BCUT2D eigenvalue weighted by molar-refractivity contribution is 7.99. The van der Waals surface area contributed by atoms with E-state index in [1.807, 2.05) is 61.9 Å². The van der Waals surface area contributed by atoms with Gasteiger partial charge in [0, 0.05) is 34.3 Å². The first-order valence-electron chi connectivity index (χ1n) is 10.5. The smallest absolute Gasteiger partial charge is 0.229 e. The maximum atomic E-state index is 13.3. The fraction of sp³-hybridized carbons (Fsp3) is 0.292. The van der Waals surface area contributed by atoms with Crippen LogP contribution < -0.4 is 4.90 Å². The third-order valence-electron chi connectivity index (χ3n) is 5.24. The monoisotopic (exact) mass is 484 g/mol. The van der Waals surface area contributed by atoms with Crippen LogP contribution in [0.4, 0.5) is 5.13 Å². The molecule has 0 aliphatic heterocycles. The molecule has 2 aromatic heterocycles. The predicted octanol–water partition coefficient (Wildman–Crippen LogP) is 6.29. The Labute approximate surface area is 201 Å². The van der Waals surface area contributed by atoms with E-state index in [4.69, 9.17) is 16.6 Å². The summed E-state index contributed by atoms with van der Waals surface area (Å²) in [6.45, 7) is 7.11. The molecule has 0 saturated carbocycles. The van der Waals surface area contributed by atoms with Crippen molar-refractivity contribution in [1.82, 2.24) is 14.8 Å². The summed E-state index contributed by atoms with van der Waals surface area (Å²) in [5, 5.41) is 5.94. The summed E-state index contributed by atoms with van der Waals surface area (Å²) in [6, 6.07) is 16.1. The van der Waals surface area contributed by atoms with Crippen LogP contribution in [0.5, 0.6) is 0 Å². The Hall–Kier alpha value is -2.35. The summed E-state index contributed by atoms with van der Waals surface area (Å²) >= 11 is 9.52. The van der Waals surface area contributed by atoms with E-state index in [1.54, 1.807) is 16.7 Å². The minimum Gasteiger partial charge on any atom is -0.286 e. The zero-order chi connectivity index (χ0) is 22.7. The van der Waals surface area contributed by atoms with Crippen molar-refractivity contribution < 1.29 is 4.79 Å². The second-order valence-electron chi connectivity index (χ2n) is 7.62. The lowest BCUT2D eigenvalue weighted by Gasteiger charge is -2.20. The maximum absolute atomic E-state index is 13.3. The van der Waals surface area contributed by atoms with E-state index in [-0.39, 0.29) is 5.91 Å². The van der Waals surface area contributed by atoms with Gasteiger partial charge in [-0.25, -0.2) is 4.98 Å². The molecule has 0 radical (unpaired) electrons. The van der Waals surface area contributed by atoms with Crippen LogP contribution in [0.2, 0.25) is 5.02 Å². The molecule has 4 rings (SSSR count). The second-order valence-corrected chi connectivity index (χ2v) is 10.2. The molecule has 0 spiro atoms. The minimum atomic E-state index is 0.0674. The molecule has 2 aromatic carbocycles. The van der Waals surface area contributed by atoms with Gasteiger partial charge < -0.3 is 0 Å². The molecule has 0 N–H and O–H groups in total. The fourth-order valence-corrected chi connectivity index (χ4v) is 5.62. The van der Waals surface area contributed by atoms with Crippen molar-refractivity contribution in [2.45, 2.75) is 38.6 Å². The Morgan fingerprint density at radius 1 is 1.16 bits per heavy atom. The summed E-state index contributed by atoms with van der Waals surface area (Å²) in [4.78, 5) is 21.1. The standard InChI is InChI=1S/C24H25ClN4OS2/c1-16-15-17(2)29(27-16)13-12-28(22(30)11-14-31-19-7-5-4-6-8-19)24-26-23-18(3)20(25)9-10-21(23)32-24/h4-10,15H,11-14H2,1-3H3. The van der Waals surface area contributed by atoms with Gasteiger partial charge >= 0.3 is 0 Å². The molecule has 0 bridgehead atoms. The van der Waals surface area contributed by atoms with Crippen molar-refractivity contribution in [3.8, 4) is 0 Å². The van der Waals surface area contributed by atoms with Gasteiger partial charge in [-0.1, -0.05) is 41.1 Å². The Kier molecular flexibility index (Phi) is 7.18. The number of hydrogen-bond donors (Lipinski definition) is 0. The molecule has 5 nitrogen and oxygen atoms in total. The highest BCUT2D eigenvalue weighted by atomic mass is 35.5. The van der Waals surface area contributed by atoms with Gasteiger partial charge in [-0.3, -0.25) is 14.4 Å². The van der Waals surface area contributed by atoms with E-state index in [2.05, 4.69) is 17.2 Å².